The number of aliphatic hydroxyl groups excluding tert-OH is 1. The molecule has 0 aliphatic carbocycles. The van der Waals surface area contributed by atoms with Crippen molar-refractivity contribution in [2.75, 3.05) is 34.4 Å². The molecule has 1 aromatic rings. The average Bonchev–Trinajstić information content (AvgIpc) is 2.63. The summed E-state index contributed by atoms with van der Waals surface area (Å²) in [6.45, 7) is 3.37. The Hall–Kier alpha value is -1.99. The van der Waals surface area contributed by atoms with Crippen LogP contribution in [0.1, 0.15) is 31.7 Å². The van der Waals surface area contributed by atoms with Crippen LogP contribution in [0.25, 0.3) is 0 Å². The van der Waals surface area contributed by atoms with Gasteiger partial charge < -0.3 is 24.4 Å². The SMILES string of the molecule is CCC[C@@]1(C(=O)O)CN(Cc2ccc(OC)c(OC)c2OC)CC[C@@H]1O. The third-order valence-electron chi connectivity index (χ3n) is 5.16. The molecule has 2 N–H and O–H groups in total. The van der Waals surface area contributed by atoms with Crippen molar-refractivity contribution in [2.45, 2.75) is 38.8 Å². The molecule has 7 heteroatoms. The molecule has 146 valence electrons. The topological polar surface area (TPSA) is 88.5 Å². The first-order valence-electron chi connectivity index (χ1n) is 8.85. The summed E-state index contributed by atoms with van der Waals surface area (Å²) in [5.41, 5.74) is -0.242. The lowest BCUT2D eigenvalue weighted by atomic mass is 9.74. The minimum atomic E-state index is -1.13. The molecule has 1 saturated heterocycles. The molecular weight excluding hydrogens is 338 g/mol. The normalized spacial score (nSPS) is 23.5. The minimum absolute atomic E-state index is 0.300. The summed E-state index contributed by atoms with van der Waals surface area (Å²) in [6, 6.07) is 3.71. The van der Waals surface area contributed by atoms with E-state index in [-0.39, 0.29) is 0 Å². The number of carbonyl (C=O) groups is 1. The number of aliphatic hydroxyl groups is 1. The highest BCUT2D eigenvalue weighted by Crippen LogP contribution is 2.41. The number of carboxylic acid groups (broad SMARTS) is 1. The number of nitrogens with zero attached hydrogens (tertiary/aromatic N) is 1. The van der Waals surface area contributed by atoms with E-state index in [0.29, 0.717) is 56.1 Å². The molecule has 26 heavy (non-hydrogen) atoms. The van der Waals surface area contributed by atoms with Crippen LogP contribution < -0.4 is 14.2 Å². The van der Waals surface area contributed by atoms with Crippen molar-refractivity contribution in [3.8, 4) is 17.2 Å². The summed E-state index contributed by atoms with van der Waals surface area (Å²) < 4.78 is 16.2. The molecule has 0 unspecified atom stereocenters. The maximum atomic E-state index is 11.9. The van der Waals surface area contributed by atoms with Crippen molar-refractivity contribution in [3.63, 3.8) is 0 Å². The van der Waals surface area contributed by atoms with Crippen LogP contribution in [0.15, 0.2) is 12.1 Å². The van der Waals surface area contributed by atoms with Gasteiger partial charge in [-0.25, -0.2) is 0 Å². The first-order chi connectivity index (χ1) is 12.4. The zero-order valence-electron chi connectivity index (χ0n) is 15.9. The van der Waals surface area contributed by atoms with Crippen molar-refractivity contribution in [3.05, 3.63) is 17.7 Å². The van der Waals surface area contributed by atoms with Gasteiger partial charge in [-0.3, -0.25) is 9.69 Å². The van der Waals surface area contributed by atoms with E-state index in [9.17, 15) is 15.0 Å². The maximum absolute atomic E-state index is 11.9. The Balaban J connectivity index is 2.29. The van der Waals surface area contributed by atoms with Gasteiger partial charge in [-0.15, -0.1) is 0 Å². The second-order valence-electron chi connectivity index (χ2n) is 6.72. The highest BCUT2D eigenvalue weighted by Gasteiger charge is 2.48. The molecular formula is C19H29NO6. The van der Waals surface area contributed by atoms with Gasteiger partial charge in [0.15, 0.2) is 11.5 Å². The Morgan fingerprint density at radius 2 is 1.92 bits per heavy atom. The van der Waals surface area contributed by atoms with Crippen LogP contribution >= 0.6 is 0 Å². The van der Waals surface area contributed by atoms with Crippen LogP contribution in [0.5, 0.6) is 17.2 Å². The van der Waals surface area contributed by atoms with Gasteiger partial charge in [-0.2, -0.15) is 0 Å². The van der Waals surface area contributed by atoms with Crippen LogP contribution in [0, 0.1) is 5.41 Å². The second kappa shape index (κ2) is 8.60. The lowest BCUT2D eigenvalue weighted by molar-refractivity contribution is -0.164. The van der Waals surface area contributed by atoms with Crippen molar-refractivity contribution in [1.29, 1.82) is 0 Å². The molecule has 1 aliphatic heterocycles. The summed E-state index contributed by atoms with van der Waals surface area (Å²) in [7, 11) is 4.69. The lowest BCUT2D eigenvalue weighted by Crippen LogP contribution is -2.55. The number of ether oxygens (including phenoxy) is 3. The molecule has 0 radical (unpaired) electrons. The smallest absolute Gasteiger partial charge is 0.313 e. The molecule has 1 heterocycles. The van der Waals surface area contributed by atoms with Gasteiger partial charge in [0.2, 0.25) is 5.75 Å². The van der Waals surface area contributed by atoms with Crippen molar-refractivity contribution >= 4 is 5.97 Å². The summed E-state index contributed by atoms with van der Waals surface area (Å²) in [6.07, 6.45) is 0.755. The molecule has 0 bridgehead atoms. The molecule has 0 spiro atoms. The Bertz CT molecular complexity index is 635. The highest BCUT2D eigenvalue weighted by atomic mass is 16.5. The fourth-order valence-electron chi connectivity index (χ4n) is 3.84. The predicted molar refractivity (Wildman–Crippen MR) is 97.0 cm³/mol. The van der Waals surface area contributed by atoms with E-state index in [0.717, 1.165) is 5.56 Å². The van der Waals surface area contributed by atoms with Gasteiger partial charge in [0.1, 0.15) is 5.41 Å². The Labute approximate surface area is 154 Å². The highest BCUT2D eigenvalue weighted by molar-refractivity contribution is 5.76. The summed E-state index contributed by atoms with van der Waals surface area (Å²) in [5.74, 6) is 0.737. The van der Waals surface area contributed by atoms with Crippen LogP contribution in [0.2, 0.25) is 0 Å². The van der Waals surface area contributed by atoms with Gasteiger partial charge in [0, 0.05) is 25.2 Å². The zero-order chi connectivity index (χ0) is 19.3. The first-order valence-corrected chi connectivity index (χ1v) is 8.85. The van der Waals surface area contributed by atoms with Crippen molar-refractivity contribution < 1.29 is 29.2 Å². The summed E-state index contributed by atoms with van der Waals surface area (Å²) in [4.78, 5) is 14.0. The number of benzene rings is 1. The van der Waals surface area contributed by atoms with E-state index < -0.39 is 17.5 Å². The molecule has 2 rings (SSSR count). The van der Waals surface area contributed by atoms with E-state index in [1.165, 1.54) is 0 Å². The van der Waals surface area contributed by atoms with Gasteiger partial charge in [-0.05, 0) is 18.9 Å². The zero-order valence-corrected chi connectivity index (χ0v) is 15.9. The number of carboxylic acids is 1. The molecule has 7 nitrogen and oxygen atoms in total. The number of methoxy groups -OCH3 is 3. The number of rotatable bonds is 8. The van der Waals surface area contributed by atoms with Crippen LogP contribution in [0.4, 0.5) is 0 Å². The van der Waals surface area contributed by atoms with Crippen LogP contribution in [-0.4, -0.2) is 61.6 Å². The van der Waals surface area contributed by atoms with Gasteiger partial charge in [-0.1, -0.05) is 19.4 Å². The minimum Gasteiger partial charge on any atom is -0.493 e. The number of likely N-dealkylation sites (tertiary alicyclic amines) is 1. The molecule has 0 saturated carbocycles. The average molecular weight is 367 g/mol. The molecule has 0 amide bonds. The van der Waals surface area contributed by atoms with Gasteiger partial charge in [0.05, 0.1) is 27.4 Å². The summed E-state index contributed by atoms with van der Waals surface area (Å²) >= 11 is 0. The van der Waals surface area contributed by atoms with E-state index in [1.54, 1.807) is 21.3 Å². The Kier molecular flexibility index (Phi) is 6.72. The predicted octanol–water partition coefficient (Wildman–Crippen LogP) is 2.15. The number of hydrogen-bond donors (Lipinski definition) is 2. The Morgan fingerprint density at radius 1 is 1.23 bits per heavy atom. The second-order valence-corrected chi connectivity index (χ2v) is 6.72. The fourth-order valence-corrected chi connectivity index (χ4v) is 3.84. The van der Waals surface area contributed by atoms with Crippen molar-refractivity contribution in [1.82, 2.24) is 4.90 Å². The van der Waals surface area contributed by atoms with Gasteiger partial charge in [0.25, 0.3) is 0 Å². The quantitative estimate of drug-likeness (QED) is 0.728. The van der Waals surface area contributed by atoms with E-state index in [4.69, 9.17) is 14.2 Å². The fraction of sp³-hybridized carbons (Fsp3) is 0.632. The Morgan fingerprint density at radius 3 is 2.46 bits per heavy atom. The number of piperidine rings is 1. The maximum Gasteiger partial charge on any atom is 0.313 e. The van der Waals surface area contributed by atoms with E-state index in [1.807, 2.05) is 19.1 Å². The van der Waals surface area contributed by atoms with Crippen LogP contribution in [-0.2, 0) is 11.3 Å². The molecule has 2 atom stereocenters. The van der Waals surface area contributed by atoms with Crippen molar-refractivity contribution in [2.24, 2.45) is 5.41 Å². The van der Waals surface area contributed by atoms with Gasteiger partial charge >= 0.3 is 5.97 Å². The number of hydrogen-bond acceptors (Lipinski definition) is 6. The van der Waals surface area contributed by atoms with E-state index in [2.05, 4.69) is 4.90 Å². The largest absolute Gasteiger partial charge is 0.493 e. The number of aliphatic carboxylic acids is 1. The summed E-state index contributed by atoms with van der Waals surface area (Å²) in [5, 5.41) is 20.2. The third-order valence-corrected chi connectivity index (χ3v) is 5.16. The molecule has 0 aromatic heterocycles. The molecule has 1 aromatic carbocycles. The molecule has 1 fully saturated rings. The monoisotopic (exact) mass is 367 g/mol. The molecule has 1 aliphatic rings. The standard InChI is InChI=1S/C19H29NO6/c1-5-9-19(18(22)23)12-20(10-8-15(19)21)11-13-6-7-14(24-2)17(26-4)16(13)25-3/h6-7,15,21H,5,8-12H2,1-4H3,(H,22,23)/t15-,19+/m0/s1. The first kappa shape index (κ1) is 20.3. The third kappa shape index (κ3) is 3.73. The van der Waals surface area contributed by atoms with E-state index >= 15 is 0 Å². The van der Waals surface area contributed by atoms with Crippen LogP contribution in [0.3, 0.4) is 0 Å². The lowest BCUT2D eigenvalue weighted by Gasteiger charge is -2.43.